The monoisotopic (exact) mass is 322 g/mol. The summed E-state index contributed by atoms with van der Waals surface area (Å²) < 4.78 is 6.04. The predicted octanol–water partition coefficient (Wildman–Crippen LogP) is 5.45. The third-order valence-corrected chi connectivity index (χ3v) is 6.76. The maximum atomic E-state index is 12.0. The molecule has 0 N–H and O–H groups in total. The van der Waals surface area contributed by atoms with Crippen molar-refractivity contribution in [2.45, 2.75) is 21.6 Å². The first-order valence-electron chi connectivity index (χ1n) is 7.42. The summed E-state index contributed by atoms with van der Waals surface area (Å²) in [6.07, 6.45) is 0. The molecule has 0 saturated heterocycles. The molecule has 0 fully saturated rings. The minimum Gasteiger partial charge on any atom is -0.402 e. The molecule has 3 aromatic rings. The second kappa shape index (κ2) is 6.71. The highest BCUT2D eigenvalue weighted by molar-refractivity contribution is 8.30. The summed E-state index contributed by atoms with van der Waals surface area (Å²) in [7, 11) is -2.08. The SMILES string of the molecule is CC(=O)OS(c1ccccc1)(c1ccccc1)c1ccccc1. The molecule has 116 valence electrons. The fraction of sp³-hybridized carbons (Fsp3) is 0.0500. The summed E-state index contributed by atoms with van der Waals surface area (Å²) in [6, 6.07) is 29.9. The van der Waals surface area contributed by atoms with Crippen molar-refractivity contribution in [3.05, 3.63) is 91.0 Å². The van der Waals surface area contributed by atoms with E-state index >= 15 is 0 Å². The van der Waals surface area contributed by atoms with E-state index in [1.165, 1.54) is 6.92 Å². The molecule has 0 heterocycles. The van der Waals surface area contributed by atoms with Crippen molar-refractivity contribution < 1.29 is 8.98 Å². The maximum absolute atomic E-state index is 12.0. The van der Waals surface area contributed by atoms with Gasteiger partial charge in [0.05, 0.1) is 0 Å². The van der Waals surface area contributed by atoms with Crippen LogP contribution in [-0.4, -0.2) is 5.97 Å². The first-order chi connectivity index (χ1) is 11.2. The Kier molecular flexibility index (Phi) is 4.49. The van der Waals surface area contributed by atoms with Crippen molar-refractivity contribution in [1.82, 2.24) is 0 Å². The van der Waals surface area contributed by atoms with Gasteiger partial charge in [-0.3, -0.25) is 4.79 Å². The van der Waals surface area contributed by atoms with Gasteiger partial charge in [0, 0.05) is 21.6 Å². The van der Waals surface area contributed by atoms with Gasteiger partial charge in [0.1, 0.15) is 0 Å². The van der Waals surface area contributed by atoms with Crippen LogP contribution in [0.3, 0.4) is 0 Å². The second-order valence-corrected chi connectivity index (χ2v) is 7.76. The standard InChI is InChI=1S/C20H18O2S/c1-17(21)22-23(18-11-5-2-6-12-18,19-13-7-3-8-14-19)20-15-9-4-10-16-20/h2-16H,1H3. The summed E-state index contributed by atoms with van der Waals surface area (Å²) in [5, 5.41) is 0. The molecular formula is C20H18O2S. The van der Waals surface area contributed by atoms with Gasteiger partial charge >= 0.3 is 5.97 Å². The Hall–Kier alpha value is -2.52. The smallest absolute Gasteiger partial charge is 0.313 e. The molecule has 23 heavy (non-hydrogen) atoms. The van der Waals surface area contributed by atoms with E-state index in [4.69, 9.17) is 4.18 Å². The first-order valence-corrected chi connectivity index (χ1v) is 8.98. The van der Waals surface area contributed by atoms with Gasteiger partial charge in [-0.2, -0.15) is 0 Å². The lowest BCUT2D eigenvalue weighted by atomic mass is 10.4. The highest BCUT2D eigenvalue weighted by Crippen LogP contribution is 2.68. The van der Waals surface area contributed by atoms with Crippen LogP contribution in [0.4, 0.5) is 0 Å². The summed E-state index contributed by atoms with van der Waals surface area (Å²) in [5.41, 5.74) is 0. The molecule has 3 aromatic carbocycles. The zero-order valence-electron chi connectivity index (χ0n) is 12.9. The van der Waals surface area contributed by atoms with Crippen LogP contribution < -0.4 is 0 Å². The van der Waals surface area contributed by atoms with Crippen molar-refractivity contribution in [2.75, 3.05) is 0 Å². The minimum atomic E-state index is -2.08. The van der Waals surface area contributed by atoms with E-state index in [0.29, 0.717) is 0 Å². The Labute approximate surface area is 138 Å². The van der Waals surface area contributed by atoms with Crippen molar-refractivity contribution in [3.8, 4) is 0 Å². The van der Waals surface area contributed by atoms with Crippen molar-refractivity contribution in [2.24, 2.45) is 0 Å². The van der Waals surface area contributed by atoms with E-state index in [1.807, 2.05) is 91.0 Å². The normalized spacial score (nSPS) is 11.7. The van der Waals surface area contributed by atoms with Crippen LogP contribution in [0.2, 0.25) is 0 Å². The molecule has 3 heteroatoms. The van der Waals surface area contributed by atoms with Crippen molar-refractivity contribution in [1.29, 1.82) is 0 Å². The second-order valence-electron chi connectivity index (χ2n) is 5.07. The molecule has 0 unspecified atom stereocenters. The number of rotatable bonds is 4. The molecule has 0 saturated carbocycles. The first kappa shape index (κ1) is 15.4. The highest BCUT2D eigenvalue weighted by atomic mass is 32.3. The van der Waals surface area contributed by atoms with Crippen LogP contribution in [0.15, 0.2) is 106 Å². The molecule has 3 rings (SSSR count). The average Bonchev–Trinajstić information content (AvgIpc) is 2.62. The Balaban J connectivity index is 2.32. The number of benzene rings is 3. The Bertz CT molecular complexity index is 674. The van der Waals surface area contributed by atoms with E-state index in [1.54, 1.807) is 0 Å². The van der Waals surface area contributed by atoms with Gasteiger partial charge in [-0.05, 0) is 46.7 Å². The number of carbonyl (C=O) groups is 1. The van der Waals surface area contributed by atoms with Crippen molar-refractivity contribution >= 4 is 16.3 Å². The predicted molar refractivity (Wildman–Crippen MR) is 93.5 cm³/mol. The van der Waals surface area contributed by atoms with Crippen LogP contribution in [0, 0.1) is 0 Å². The fourth-order valence-corrected chi connectivity index (χ4v) is 5.64. The molecule has 0 atom stereocenters. The number of hydrogen-bond donors (Lipinski definition) is 0. The van der Waals surface area contributed by atoms with Gasteiger partial charge in [-0.1, -0.05) is 54.6 Å². The van der Waals surface area contributed by atoms with Gasteiger partial charge in [0.15, 0.2) is 0 Å². The van der Waals surface area contributed by atoms with Crippen LogP contribution in [0.5, 0.6) is 0 Å². The minimum absolute atomic E-state index is 0.281. The summed E-state index contributed by atoms with van der Waals surface area (Å²) in [4.78, 5) is 15.0. The van der Waals surface area contributed by atoms with Gasteiger partial charge in [0.2, 0.25) is 0 Å². The fourth-order valence-electron chi connectivity index (χ4n) is 2.57. The van der Waals surface area contributed by atoms with E-state index in [0.717, 1.165) is 14.7 Å². The largest absolute Gasteiger partial charge is 0.402 e. The summed E-state index contributed by atoms with van der Waals surface area (Å²) in [5.74, 6) is -0.281. The Morgan fingerprint density at radius 2 is 0.957 bits per heavy atom. The topological polar surface area (TPSA) is 26.3 Å². The van der Waals surface area contributed by atoms with Crippen LogP contribution >= 0.6 is 10.3 Å². The zero-order chi connectivity index (χ0) is 16.1. The van der Waals surface area contributed by atoms with E-state index in [9.17, 15) is 4.79 Å². The lowest BCUT2D eigenvalue weighted by Crippen LogP contribution is -2.11. The number of hydrogen-bond acceptors (Lipinski definition) is 2. The van der Waals surface area contributed by atoms with Gasteiger partial charge in [-0.15, -0.1) is 0 Å². The quantitative estimate of drug-likeness (QED) is 0.639. The molecule has 0 bridgehead atoms. The molecule has 0 aliphatic rings. The Morgan fingerprint density at radius 3 is 1.22 bits per heavy atom. The maximum Gasteiger partial charge on any atom is 0.313 e. The molecule has 2 nitrogen and oxygen atoms in total. The van der Waals surface area contributed by atoms with Gasteiger partial charge in [-0.25, -0.2) is 0 Å². The highest BCUT2D eigenvalue weighted by Gasteiger charge is 2.34. The Morgan fingerprint density at radius 1 is 0.652 bits per heavy atom. The molecule has 0 aliphatic heterocycles. The molecule has 0 aliphatic carbocycles. The summed E-state index contributed by atoms with van der Waals surface area (Å²) >= 11 is 0. The molecular weight excluding hydrogens is 304 g/mol. The lowest BCUT2D eigenvalue weighted by Gasteiger charge is -2.39. The van der Waals surface area contributed by atoms with E-state index < -0.39 is 10.3 Å². The van der Waals surface area contributed by atoms with Crippen LogP contribution in [0.25, 0.3) is 0 Å². The third-order valence-electron chi connectivity index (χ3n) is 3.47. The van der Waals surface area contributed by atoms with E-state index in [2.05, 4.69) is 0 Å². The number of carbonyl (C=O) groups excluding carboxylic acids is 1. The van der Waals surface area contributed by atoms with Crippen LogP contribution in [-0.2, 0) is 8.98 Å². The summed E-state index contributed by atoms with van der Waals surface area (Å²) in [6.45, 7) is 1.47. The zero-order valence-corrected chi connectivity index (χ0v) is 13.7. The lowest BCUT2D eigenvalue weighted by molar-refractivity contribution is -0.131. The van der Waals surface area contributed by atoms with Gasteiger partial charge < -0.3 is 4.18 Å². The van der Waals surface area contributed by atoms with Crippen LogP contribution in [0.1, 0.15) is 6.92 Å². The van der Waals surface area contributed by atoms with Gasteiger partial charge in [0.25, 0.3) is 0 Å². The van der Waals surface area contributed by atoms with Crippen molar-refractivity contribution in [3.63, 3.8) is 0 Å². The molecule has 0 aromatic heterocycles. The van der Waals surface area contributed by atoms with E-state index in [-0.39, 0.29) is 5.97 Å². The molecule has 0 spiro atoms. The molecule has 0 radical (unpaired) electrons. The molecule has 0 amide bonds. The average molecular weight is 322 g/mol. The third kappa shape index (κ3) is 3.01.